The molecule has 6 heteroatoms. The topological polar surface area (TPSA) is 23.3 Å². The molecule has 0 aromatic heterocycles. The molecule has 0 aliphatic heterocycles. The van der Waals surface area contributed by atoms with Gasteiger partial charge in [-0.3, -0.25) is 0 Å². The molecule has 0 amide bonds. The second kappa shape index (κ2) is 16.5. The van der Waals surface area contributed by atoms with Crippen LogP contribution in [0.3, 0.4) is 0 Å². The summed E-state index contributed by atoms with van der Waals surface area (Å²) < 4.78 is 6.71. The molecule has 0 saturated heterocycles. The predicted molar refractivity (Wildman–Crippen MR) is 131 cm³/mol. The van der Waals surface area contributed by atoms with Crippen LogP contribution >= 0.6 is 18.6 Å². The monoisotopic (exact) mass is 498 g/mol. The molecule has 0 atom stereocenters. The number of nitrogens with zero attached hydrogens (tertiary/aromatic N) is 1. The van der Waals surface area contributed by atoms with Crippen molar-refractivity contribution in [2.45, 2.75) is 77.4 Å². The van der Waals surface area contributed by atoms with Crippen LogP contribution in [-0.2, 0) is 23.6 Å². The van der Waals surface area contributed by atoms with E-state index in [0.29, 0.717) is 6.54 Å². The zero-order valence-electron chi connectivity index (χ0n) is 19.1. The van der Waals surface area contributed by atoms with Crippen molar-refractivity contribution in [3.63, 3.8) is 0 Å². The Kier molecular flexibility index (Phi) is 15.3. The average molecular weight is 499 g/mol. The molecule has 0 aliphatic carbocycles. The Morgan fingerprint density at radius 3 is 1.90 bits per heavy atom. The third-order valence-corrected chi connectivity index (χ3v) is 7.86. The van der Waals surface area contributed by atoms with Crippen LogP contribution in [0.5, 0.6) is 5.75 Å². The van der Waals surface area contributed by atoms with Crippen molar-refractivity contribution < 1.29 is 20.8 Å². The molecular formula is C24H35AlCl2NOTi-. The SMILES string of the molecule is CCC[CH2][Al]([CH2]CCC)[O]c1c(C)cccc1C[N-]c1c(C)cccc1C.[Cl][Ti][Cl]. The molecule has 2 nitrogen and oxygen atoms in total. The Labute approximate surface area is 205 Å². The van der Waals surface area contributed by atoms with Gasteiger partial charge >= 0.3 is 50.1 Å². The van der Waals surface area contributed by atoms with Gasteiger partial charge in [-0.15, -0.1) is 12.2 Å². The first-order valence-electron chi connectivity index (χ1n) is 10.9. The van der Waals surface area contributed by atoms with Crippen LogP contribution in [0.1, 0.15) is 61.8 Å². The molecule has 0 N–H and O–H groups in total. The number of benzene rings is 2. The van der Waals surface area contributed by atoms with E-state index in [1.54, 1.807) is 0 Å². The van der Waals surface area contributed by atoms with Crippen molar-refractivity contribution in [1.29, 1.82) is 0 Å². The molecule has 0 spiro atoms. The molecule has 2 aromatic carbocycles. The molecule has 0 heterocycles. The van der Waals surface area contributed by atoms with E-state index in [4.69, 9.17) is 27.7 Å². The minimum atomic E-state index is -1.21. The van der Waals surface area contributed by atoms with Gasteiger partial charge in [0.25, 0.3) is 0 Å². The second-order valence-corrected chi connectivity index (χ2v) is 12.9. The van der Waals surface area contributed by atoms with Gasteiger partial charge in [-0.05, 0) is 31.9 Å². The fraction of sp³-hybridized carbons (Fsp3) is 0.500. The van der Waals surface area contributed by atoms with Crippen molar-refractivity contribution in [2.24, 2.45) is 0 Å². The Balaban J connectivity index is 0.00000141. The van der Waals surface area contributed by atoms with E-state index in [1.165, 1.54) is 58.5 Å². The molecule has 0 radical (unpaired) electrons. The molecule has 0 fully saturated rings. The Morgan fingerprint density at radius 2 is 1.37 bits per heavy atom. The van der Waals surface area contributed by atoms with E-state index in [2.05, 4.69) is 71.0 Å². The van der Waals surface area contributed by atoms with Crippen LogP contribution in [0.4, 0.5) is 5.69 Å². The molecule has 0 unspecified atom stereocenters. The zero-order chi connectivity index (χ0) is 22.4. The van der Waals surface area contributed by atoms with E-state index in [9.17, 15) is 0 Å². The number of aryl methyl sites for hydroxylation is 3. The van der Waals surface area contributed by atoms with Crippen LogP contribution in [-0.4, -0.2) is 14.5 Å². The standard InChI is InChI=1S/C16H18NO.2C4H9.Al.2ClH.Ti/c1-11-6-4-7-12(2)15(11)17-10-14-9-5-8-13(3)16(14)18;2*1-3-4-2;;;;/h4-9,18H,10H2,1-3H3;2*1,3-4H2,2H3;;2*1H;/q-1;;;+1;;;+2/p-3. The summed E-state index contributed by atoms with van der Waals surface area (Å²) >= 11 is -1.77. The van der Waals surface area contributed by atoms with Gasteiger partial charge < -0.3 is 9.11 Å². The Bertz CT molecular complexity index is 717. The molecule has 0 bridgehead atoms. The molecule has 2 aromatic rings. The van der Waals surface area contributed by atoms with Gasteiger partial charge in [0.2, 0.25) is 0 Å². The first-order chi connectivity index (χ1) is 14.5. The van der Waals surface area contributed by atoms with Crippen LogP contribution < -0.4 is 3.79 Å². The van der Waals surface area contributed by atoms with E-state index < -0.39 is 31.5 Å². The predicted octanol–water partition coefficient (Wildman–Crippen LogP) is 9.16. The van der Waals surface area contributed by atoms with E-state index in [1.807, 2.05) is 0 Å². The quantitative estimate of drug-likeness (QED) is 0.283. The summed E-state index contributed by atoms with van der Waals surface area (Å²) in [6.07, 6.45) is 5.08. The first-order valence-corrected chi connectivity index (χ1v) is 17.3. The van der Waals surface area contributed by atoms with Crippen LogP contribution in [0, 0.1) is 20.8 Å². The fourth-order valence-corrected chi connectivity index (χ4v) is 6.44. The first kappa shape index (κ1) is 27.9. The average Bonchev–Trinajstić information content (AvgIpc) is 2.72. The Morgan fingerprint density at radius 1 is 0.867 bits per heavy atom. The van der Waals surface area contributed by atoms with E-state index in [-0.39, 0.29) is 0 Å². The summed E-state index contributed by atoms with van der Waals surface area (Å²) in [6, 6.07) is 12.9. The molecule has 164 valence electrons. The number of para-hydroxylation sites is 2. The maximum absolute atomic E-state index is 6.71. The van der Waals surface area contributed by atoms with Crippen LogP contribution in [0.15, 0.2) is 36.4 Å². The van der Waals surface area contributed by atoms with Crippen LogP contribution in [0.2, 0.25) is 10.6 Å². The van der Waals surface area contributed by atoms with Gasteiger partial charge in [0, 0.05) is 0 Å². The molecule has 0 aliphatic rings. The van der Waals surface area contributed by atoms with Gasteiger partial charge in [0.05, 0.1) is 5.75 Å². The maximum atomic E-state index is 6.71. The summed E-state index contributed by atoms with van der Waals surface area (Å²) in [4.78, 5) is 0. The summed E-state index contributed by atoms with van der Waals surface area (Å²) in [7, 11) is 9.78. The van der Waals surface area contributed by atoms with Crippen molar-refractivity contribution in [3.05, 3.63) is 64.0 Å². The number of unbranched alkanes of at least 4 members (excludes halogenated alkanes) is 2. The number of hydrogen-bond acceptors (Lipinski definition) is 1. The van der Waals surface area contributed by atoms with Gasteiger partial charge in [-0.2, -0.15) is 0 Å². The second-order valence-electron chi connectivity index (χ2n) is 7.72. The summed E-state index contributed by atoms with van der Waals surface area (Å²) in [5.41, 5.74) is 6.07. The normalized spacial score (nSPS) is 10.1. The van der Waals surface area contributed by atoms with Crippen molar-refractivity contribution >= 4 is 38.8 Å². The van der Waals surface area contributed by atoms with E-state index in [0.717, 1.165) is 11.4 Å². The van der Waals surface area contributed by atoms with Gasteiger partial charge in [-0.25, -0.2) is 0 Å². The number of halogens is 2. The third-order valence-electron chi connectivity index (χ3n) is 5.18. The van der Waals surface area contributed by atoms with Crippen molar-refractivity contribution in [2.75, 3.05) is 0 Å². The van der Waals surface area contributed by atoms with Crippen molar-refractivity contribution in [1.82, 2.24) is 0 Å². The molecule has 0 saturated carbocycles. The van der Waals surface area contributed by atoms with Crippen molar-refractivity contribution in [3.8, 4) is 5.75 Å². The molecule has 2 rings (SSSR count). The number of rotatable bonds is 11. The van der Waals surface area contributed by atoms with E-state index >= 15 is 0 Å². The van der Waals surface area contributed by atoms with Gasteiger partial charge in [0.1, 0.15) is 0 Å². The minimum absolute atomic E-state index is 0.556. The molecule has 30 heavy (non-hydrogen) atoms. The fourth-order valence-electron chi connectivity index (χ4n) is 3.52. The molecular weight excluding hydrogens is 464 g/mol. The van der Waals surface area contributed by atoms with Gasteiger partial charge in [-0.1, -0.05) is 97.6 Å². The number of hydrogen-bond donors (Lipinski definition) is 0. The Hall–Kier alpha value is -0.133. The van der Waals surface area contributed by atoms with Gasteiger partial charge in [0.15, 0.2) is 0 Å². The summed E-state index contributed by atoms with van der Waals surface area (Å²) in [6.45, 7) is 11.7. The van der Waals surface area contributed by atoms with Crippen LogP contribution in [0.25, 0.3) is 5.32 Å². The summed E-state index contributed by atoms with van der Waals surface area (Å²) in [5.74, 6) is 1.11. The zero-order valence-corrected chi connectivity index (χ0v) is 23.3. The third kappa shape index (κ3) is 9.99. The summed E-state index contributed by atoms with van der Waals surface area (Å²) in [5, 5.41) is 7.50.